The quantitative estimate of drug-likeness (QED) is 0.227. The molecule has 0 aromatic heterocycles. The lowest BCUT2D eigenvalue weighted by Crippen LogP contribution is -2.34. The zero-order valence-corrected chi connectivity index (χ0v) is 23.3. The summed E-state index contributed by atoms with van der Waals surface area (Å²) < 4.78 is 13.2. The van der Waals surface area contributed by atoms with E-state index in [0.29, 0.717) is 17.1 Å². The summed E-state index contributed by atoms with van der Waals surface area (Å²) in [5.74, 6) is 1.00. The van der Waals surface area contributed by atoms with Crippen LogP contribution in [0, 0.1) is 6.92 Å². The number of nitrogens with zero attached hydrogens (tertiary/aromatic N) is 1. The molecule has 7 rings (SSSR count). The first-order valence-corrected chi connectivity index (χ1v) is 13.9. The summed E-state index contributed by atoms with van der Waals surface area (Å²) in [6, 6.07) is 36.4. The summed E-state index contributed by atoms with van der Waals surface area (Å²) in [6.07, 6.45) is 0.869. The maximum Gasteiger partial charge on any atom is 0.340 e. The Morgan fingerprint density at radius 2 is 1.56 bits per heavy atom. The molecule has 41 heavy (non-hydrogen) atoms. The summed E-state index contributed by atoms with van der Waals surface area (Å²) >= 11 is 0. The Balaban J connectivity index is 1.55. The SMILES string of the molecule is CCc1ccc2c(c1)Oc1ccc(N(C)c3ccccc3)c(Nc3ccc(C)cc3)c1C21OC(=O)c2ccccc21. The molecule has 202 valence electrons. The van der Waals surface area contributed by atoms with E-state index >= 15 is 0 Å². The molecule has 0 amide bonds. The van der Waals surface area contributed by atoms with Crippen molar-refractivity contribution in [2.75, 3.05) is 17.3 Å². The van der Waals surface area contributed by atoms with E-state index in [1.807, 2.05) is 55.6 Å². The van der Waals surface area contributed by atoms with Gasteiger partial charge in [-0.2, -0.15) is 0 Å². The Hall–Kier alpha value is -5.03. The minimum Gasteiger partial charge on any atom is -0.456 e. The zero-order chi connectivity index (χ0) is 28.1. The molecule has 2 aliphatic heterocycles. The number of fused-ring (bicyclic) bond motifs is 6. The number of hydrogen-bond acceptors (Lipinski definition) is 5. The molecular formula is C36H30N2O3. The summed E-state index contributed by atoms with van der Waals surface area (Å²) in [4.78, 5) is 15.7. The molecule has 5 nitrogen and oxygen atoms in total. The molecule has 1 N–H and O–H groups in total. The lowest BCUT2D eigenvalue weighted by molar-refractivity contribution is 0.0227. The van der Waals surface area contributed by atoms with E-state index < -0.39 is 5.60 Å². The normalized spacial score (nSPS) is 16.3. The van der Waals surface area contributed by atoms with Gasteiger partial charge in [-0.3, -0.25) is 0 Å². The number of esters is 1. The van der Waals surface area contributed by atoms with Crippen molar-refractivity contribution in [2.45, 2.75) is 25.9 Å². The molecule has 5 aromatic carbocycles. The van der Waals surface area contributed by atoms with E-state index in [-0.39, 0.29) is 5.97 Å². The molecule has 0 fully saturated rings. The van der Waals surface area contributed by atoms with Crippen LogP contribution in [0.1, 0.15) is 45.1 Å². The molecule has 0 saturated carbocycles. The molecule has 5 aromatic rings. The van der Waals surface area contributed by atoms with Crippen LogP contribution in [0.15, 0.2) is 109 Å². The number of aryl methyl sites for hydroxylation is 2. The fourth-order valence-corrected chi connectivity index (χ4v) is 6.00. The van der Waals surface area contributed by atoms with E-state index in [2.05, 4.69) is 84.7 Å². The van der Waals surface area contributed by atoms with Crippen LogP contribution in [-0.4, -0.2) is 13.0 Å². The van der Waals surface area contributed by atoms with Gasteiger partial charge in [-0.15, -0.1) is 0 Å². The minimum absolute atomic E-state index is 0.345. The van der Waals surface area contributed by atoms with Crippen molar-refractivity contribution >= 4 is 28.7 Å². The van der Waals surface area contributed by atoms with Crippen LogP contribution in [0.3, 0.4) is 0 Å². The molecule has 1 atom stereocenters. The molecular weight excluding hydrogens is 508 g/mol. The zero-order valence-electron chi connectivity index (χ0n) is 23.3. The van der Waals surface area contributed by atoms with Gasteiger partial charge in [0.1, 0.15) is 11.5 Å². The molecule has 0 saturated heterocycles. The van der Waals surface area contributed by atoms with E-state index in [1.165, 1.54) is 5.56 Å². The molecule has 1 spiro atoms. The van der Waals surface area contributed by atoms with Gasteiger partial charge in [0.2, 0.25) is 0 Å². The molecule has 2 heterocycles. The second kappa shape index (κ2) is 9.56. The van der Waals surface area contributed by atoms with Gasteiger partial charge in [0, 0.05) is 29.5 Å². The molecule has 5 heteroatoms. The van der Waals surface area contributed by atoms with Gasteiger partial charge in [-0.05, 0) is 67.4 Å². The van der Waals surface area contributed by atoms with E-state index in [4.69, 9.17) is 9.47 Å². The fourth-order valence-electron chi connectivity index (χ4n) is 6.00. The van der Waals surface area contributed by atoms with Crippen molar-refractivity contribution in [3.05, 3.63) is 143 Å². The monoisotopic (exact) mass is 538 g/mol. The first kappa shape index (κ1) is 25.0. The maximum absolute atomic E-state index is 13.5. The highest BCUT2D eigenvalue weighted by Crippen LogP contribution is 2.60. The first-order valence-electron chi connectivity index (χ1n) is 13.9. The predicted molar refractivity (Wildman–Crippen MR) is 163 cm³/mol. The van der Waals surface area contributed by atoms with Gasteiger partial charge in [0.15, 0.2) is 5.60 Å². The predicted octanol–water partition coefficient (Wildman–Crippen LogP) is 8.64. The van der Waals surface area contributed by atoms with Crippen LogP contribution in [-0.2, 0) is 16.8 Å². The van der Waals surface area contributed by atoms with Gasteiger partial charge in [-0.1, -0.05) is 73.2 Å². The second-order valence-electron chi connectivity index (χ2n) is 10.6. The lowest BCUT2D eigenvalue weighted by atomic mass is 9.76. The van der Waals surface area contributed by atoms with Gasteiger partial charge in [0.05, 0.1) is 22.5 Å². The van der Waals surface area contributed by atoms with Crippen LogP contribution in [0.25, 0.3) is 0 Å². The fraction of sp³-hybridized carbons (Fsp3) is 0.139. The number of ether oxygens (including phenoxy) is 2. The Kier molecular flexibility index (Phi) is 5.82. The number of carbonyl (C=O) groups excluding carboxylic acids is 1. The molecule has 0 bridgehead atoms. The smallest absolute Gasteiger partial charge is 0.340 e. The summed E-state index contributed by atoms with van der Waals surface area (Å²) in [5.41, 5.74) is 7.78. The third-order valence-corrected chi connectivity index (χ3v) is 8.15. The molecule has 0 radical (unpaired) electrons. The first-order chi connectivity index (χ1) is 20.0. The van der Waals surface area contributed by atoms with E-state index in [0.717, 1.165) is 51.4 Å². The number of hydrogen-bond donors (Lipinski definition) is 1. The number of para-hydroxylation sites is 1. The molecule has 0 aliphatic carbocycles. The highest BCUT2D eigenvalue weighted by Gasteiger charge is 2.55. The van der Waals surface area contributed by atoms with Crippen LogP contribution in [0.5, 0.6) is 11.5 Å². The number of carbonyl (C=O) groups is 1. The highest BCUT2D eigenvalue weighted by molar-refractivity contribution is 5.99. The van der Waals surface area contributed by atoms with Crippen molar-refractivity contribution in [1.82, 2.24) is 0 Å². The largest absolute Gasteiger partial charge is 0.456 e. The Bertz CT molecular complexity index is 1800. The highest BCUT2D eigenvalue weighted by atomic mass is 16.6. The van der Waals surface area contributed by atoms with Crippen molar-refractivity contribution in [1.29, 1.82) is 0 Å². The molecule has 1 unspecified atom stereocenters. The summed E-state index contributed by atoms with van der Waals surface area (Å²) in [7, 11) is 2.05. The van der Waals surface area contributed by atoms with Crippen molar-refractivity contribution in [2.24, 2.45) is 0 Å². The Morgan fingerprint density at radius 1 is 0.805 bits per heavy atom. The van der Waals surface area contributed by atoms with Crippen molar-refractivity contribution in [3.63, 3.8) is 0 Å². The summed E-state index contributed by atoms with van der Waals surface area (Å²) in [6.45, 7) is 4.19. The van der Waals surface area contributed by atoms with Crippen LogP contribution in [0.4, 0.5) is 22.7 Å². The minimum atomic E-state index is -1.19. The number of anilines is 4. The van der Waals surface area contributed by atoms with Gasteiger partial charge >= 0.3 is 5.97 Å². The lowest BCUT2D eigenvalue weighted by Gasteiger charge is -2.39. The maximum atomic E-state index is 13.5. The van der Waals surface area contributed by atoms with Crippen molar-refractivity contribution in [3.8, 4) is 11.5 Å². The van der Waals surface area contributed by atoms with Crippen LogP contribution in [0.2, 0.25) is 0 Å². The second-order valence-corrected chi connectivity index (χ2v) is 10.6. The Labute approximate surface area is 240 Å². The van der Waals surface area contributed by atoms with E-state index in [1.54, 1.807) is 0 Å². The average Bonchev–Trinajstić information content (AvgIpc) is 3.30. The summed E-state index contributed by atoms with van der Waals surface area (Å²) in [5, 5.41) is 3.72. The average molecular weight is 539 g/mol. The van der Waals surface area contributed by atoms with Crippen LogP contribution < -0.4 is 15.0 Å². The molecule has 2 aliphatic rings. The number of rotatable bonds is 5. The van der Waals surface area contributed by atoms with Crippen molar-refractivity contribution < 1.29 is 14.3 Å². The standard InChI is InChI=1S/C36H30N2O3/c1-4-24-16-19-29-32(22-24)40-31-21-20-30(38(3)26-10-6-5-7-11-26)34(37-25-17-14-23(2)15-18-25)33(31)36(29)28-13-9-8-12-27(28)35(39)41-36/h5-22,37H,4H2,1-3H3. The van der Waals surface area contributed by atoms with Crippen LogP contribution >= 0.6 is 0 Å². The third-order valence-electron chi connectivity index (χ3n) is 8.15. The van der Waals surface area contributed by atoms with Gasteiger partial charge in [0.25, 0.3) is 0 Å². The van der Waals surface area contributed by atoms with E-state index in [9.17, 15) is 4.79 Å². The third kappa shape index (κ3) is 3.88. The topological polar surface area (TPSA) is 50.8 Å². The van der Waals surface area contributed by atoms with Gasteiger partial charge < -0.3 is 19.7 Å². The number of nitrogens with one attached hydrogen (secondary N) is 1. The Morgan fingerprint density at radius 3 is 2.34 bits per heavy atom. The van der Waals surface area contributed by atoms with Gasteiger partial charge in [-0.25, -0.2) is 4.79 Å². The number of benzene rings is 5.